The third-order valence-electron chi connectivity index (χ3n) is 4.31. The summed E-state index contributed by atoms with van der Waals surface area (Å²) in [5, 5.41) is 6.70. The summed E-state index contributed by atoms with van der Waals surface area (Å²) in [4.78, 5) is 20.6. The van der Waals surface area contributed by atoms with E-state index in [1.165, 1.54) is 18.4 Å². The van der Waals surface area contributed by atoms with Crippen LogP contribution in [0.3, 0.4) is 0 Å². The molecule has 6 heteroatoms. The molecule has 2 heterocycles. The van der Waals surface area contributed by atoms with Gasteiger partial charge in [-0.15, -0.1) is 0 Å². The molecule has 0 aliphatic heterocycles. The van der Waals surface area contributed by atoms with E-state index < -0.39 is 0 Å². The molecule has 0 saturated carbocycles. The van der Waals surface area contributed by atoms with Crippen LogP contribution in [0.15, 0.2) is 65.3 Å². The molecule has 0 unspecified atom stereocenters. The zero-order chi connectivity index (χ0) is 19.8. The summed E-state index contributed by atoms with van der Waals surface area (Å²) in [5.41, 5.74) is 2.80. The Morgan fingerprint density at radius 1 is 1.14 bits per heavy atom. The predicted octanol–water partition coefficient (Wildman–Crippen LogP) is 4.14. The van der Waals surface area contributed by atoms with Gasteiger partial charge < -0.3 is 9.84 Å². The van der Waals surface area contributed by atoms with Gasteiger partial charge in [0.15, 0.2) is 5.82 Å². The van der Waals surface area contributed by atoms with Gasteiger partial charge in [-0.1, -0.05) is 55.4 Å². The number of benzene rings is 1. The smallest absolute Gasteiger partial charge is 0.252 e. The highest BCUT2D eigenvalue weighted by Gasteiger charge is 2.14. The first-order valence-electron chi connectivity index (χ1n) is 9.43. The number of anilines is 1. The number of rotatable bonds is 9. The molecule has 0 aliphatic carbocycles. The van der Waals surface area contributed by atoms with Crippen LogP contribution in [0.2, 0.25) is 0 Å². The lowest BCUT2D eigenvalue weighted by molar-refractivity contribution is -0.113. The van der Waals surface area contributed by atoms with Gasteiger partial charge in [0, 0.05) is 18.2 Å². The van der Waals surface area contributed by atoms with E-state index in [0.29, 0.717) is 29.5 Å². The van der Waals surface area contributed by atoms with Gasteiger partial charge in [0.05, 0.1) is 6.42 Å². The first kappa shape index (κ1) is 19.5. The Morgan fingerprint density at radius 2 is 1.93 bits per heavy atom. The van der Waals surface area contributed by atoms with Gasteiger partial charge in [0.25, 0.3) is 5.91 Å². The molecule has 0 saturated heterocycles. The quantitative estimate of drug-likeness (QED) is 0.568. The van der Waals surface area contributed by atoms with Gasteiger partial charge in [-0.05, 0) is 36.1 Å². The van der Waals surface area contributed by atoms with Crippen LogP contribution in [0.1, 0.15) is 42.6 Å². The molecular weight excluding hydrogens is 352 g/mol. The summed E-state index contributed by atoms with van der Waals surface area (Å²) in [7, 11) is 0. The van der Waals surface area contributed by atoms with Crippen LogP contribution in [-0.4, -0.2) is 21.0 Å². The molecule has 6 nitrogen and oxygen atoms in total. The number of amides is 1. The summed E-state index contributed by atoms with van der Waals surface area (Å²) in [6, 6.07) is 13.8. The normalized spacial score (nSPS) is 10.6. The number of nitrogens with zero attached hydrogens (tertiary/aromatic N) is 3. The number of unbranched alkanes of at least 4 members (excludes halogenated alkanes) is 1. The summed E-state index contributed by atoms with van der Waals surface area (Å²) < 4.78 is 5.27. The van der Waals surface area contributed by atoms with Crippen LogP contribution in [0.5, 0.6) is 0 Å². The van der Waals surface area contributed by atoms with Crippen molar-refractivity contribution in [3.63, 3.8) is 0 Å². The molecule has 3 aromatic rings. The first-order chi connectivity index (χ1) is 13.6. The monoisotopic (exact) mass is 376 g/mol. The highest BCUT2D eigenvalue weighted by molar-refractivity contribution is 6.02. The number of aromatic nitrogens is 3. The fraction of sp³-hybridized carbons (Fsp3) is 0.273. The molecule has 0 atom stereocenters. The zero-order valence-electron chi connectivity index (χ0n) is 16.0. The maximum Gasteiger partial charge on any atom is 0.252 e. The van der Waals surface area contributed by atoms with Gasteiger partial charge in [0.1, 0.15) is 5.82 Å². The molecular formula is C22H24N4O2. The fourth-order valence-corrected chi connectivity index (χ4v) is 2.73. The fourth-order valence-electron chi connectivity index (χ4n) is 2.73. The third-order valence-corrected chi connectivity index (χ3v) is 4.31. The Morgan fingerprint density at radius 3 is 2.64 bits per heavy atom. The van der Waals surface area contributed by atoms with E-state index in [1.807, 2.05) is 0 Å². The molecule has 0 spiro atoms. The van der Waals surface area contributed by atoms with Crippen molar-refractivity contribution >= 4 is 11.7 Å². The van der Waals surface area contributed by atoms with Crippen LogP contribution < -0.4 is 5.32 Å². The minimum Gasteiger partial charge on any atom is -0.339 e. The highest BCUT2D eigenvalue weighted by atomic mass is 16.5. The average Bonchev–Trinajstić information content (AvgIpc) is 3.15. The topological polar surface area (TPSA) is 80.9 Å². The molecule has 144 valence electrons. The SMILES string of the molecule is C=C(Cc1nc(Cc2ccc(CCCC)cc2)no1)C(=O)Nc1ccccn1. The second-order valence-corrected chi connectivity index (χ2v) is 6.65. The van der Waals surface area contributed by atoms with Gasteiger partial charge in [-0.25, -0.2) is 4.98 Å². The number of carbonyl (C=O) groups excluding carboxylic acids is 1. The molecule has 0 bridgehead atoms. The number of nitrogens with one attached hydrogen (secondary N) is 1. The molecule has 28 heavy (non-hydrogen) atoms. The molecule has 1 N–H and O–H groups in total. The molecule has 0 radical (unpaired) electrons. The van der Waals surface area contributed by atoms with E-state index in [2.05, 4.69) is 58.2 Å². The highest BCUT2D eigenvalue weighted by Crippen LogP contribution is 2.13. The zero-order valence-corrected chi connectivity index (χ0v) is 16.0. The van der Waals surface area contributed by atoms with Crippen molar-refractivity contribution < 1.29 is 9.32 Å². The molecule has 3 rings (SSSR count). The number of hydrogen-bond donors (Lipinski definition) is 1. The van der Waals surface area contributed by atoms with Crippen molar-refractivity contribution in [2.45, 2.75) is 39.0 Å². The van der Waals surface area contributed by atoms with Crippen molar-refractivity contribution in [2.24, 2.45) is 0 Å². The van der Waals surface area contributed by atoms with E-state index in [-0.39, 0.29) is 12.3 Å². The van der Waals surface area contributed by atoms with E-state index in [0.717, 1.165) is 12.0 Å². The van der Waals surface area contributed by atoms with E-state index in [4.69, 9.17) is 4.52 Å². The maximum atomic E-state index is 12.2. The van der Waals surface area contributed by atoms with Crippen molar-refractivity contribution in [3.05, 3.63) is 83.7 Å². The Hall–Kier alpha value is -3.28. The van der Waals surface area contributed by atoms with Crippen LogP contribution in [0.25, 0.3) is 0 Å². The van der Waals surface area contributed by atoms with Crippen LogP contribution in [-0.2, 0) is 24.1 Å². The number of aryl methyl sites for hydroxylation is 1. The minimum absolute atomic E-state index is 0.196. The second-order valence-electron chi connectivity index (χ2n) is 6.65. The summed E-state index contributed by atoms with van der Waals surface area (Å²) in [6.07, 6.45) is 5.89. The van der Waals surface area contributed by atoms with Crippen molar-refractivity contribution in [2.75, 3.05) is 5.32 Å². The summed E-state index contributed by atoms with van der Waals surface area (Å²) in [6.45, 7) is 6.00. The molecule has 2 aromatic heterocycles. The van der Waals surface area contributed by atoms with Gasteiger partial charge in [0.2, 0.25) is 5.89 Å². The summed E-state index contributed by atoms with van der Waals surface area (Å²) in [5.74, 6) is 1.12. The van der Waals surface area contributed by atoms with E-state index in [1.54, 1.807) is 24.4 Å². The van der Waals surface area contributed by atoms with Crippen molar-refractivity contribution in [1.82, 2.24) is 15.1 Å². The average molecular weight is 376 g/mol. The minimum atomic E-state index is -0.318. The summed E-state index contributed by atoms with van der Waals surface area (Å²) >= 11 is 0. The number of pyridine rings is 1. The molecule has 1 amide bonds. The maximum absolute atomic E-state index is 12.2. The molecule has 1 aromatic carbocycles. The lowest BCUT2D eigenvalue weighted by Gasteiger charge is -2.04. The molecule has 0 aliphatic rings. The Balaban J connectivity index is 1.53. The predicted molar refractivity (Wildman–Crippen MR) is 108 cm³/mol. The van der Waals surface area contributed by atoms with Crippen LogP contribution in [0, 0.1) is 0 Å². The standard InChI is InChI=1S/C22H24N4O2/c1-3-4-7-17-9-11-18(12-10-17)15-20-24-21(28-26-20)14-16(2)22(27)25-19-8-5-6-13-23-19/h5-6,8-13H,2-4,7,14-15H2,1H3,(H,23,25,27). The van der Waals surface area contributed by atoms with E-state index in [9.17, 15) is 4.79 Å². The largest absolute Gasteiger partial charge is 0.339 e. The Bertz CT molecular complexity index is 917. The van der Waals surface area contributed by atoms with Crippen molar-refractivity contribution in [1.29, 1.82) is 0 Å². The van der Waals surface area contributed by atoms with Gasteiger partial charge in [-0.2, -0.15) is 4.98 Å². The lowest BCUT2D eigenvalue weighted by atomic mass is 10.0. The third kappa shape index (κ3) is 5.61. The second kappa shape index (κ2) is 9.60. The Kier molecular flexibility index (Phi) is 6.68. The van der Waals surface area contributed by atoms with Crippen LogP contribution in [0.4, 0.5) is 5.82 Å². The van der Waals surface area contributed by atoms with E-state index >= 15 is 0 Å². The lowest BCUT2D eigenvalue weighted by Crippen LogP contribution is -2.16. The number of carbonyl (C=O) groups is 1. The van der Waals surface area contributed by atoms with Crippen LogP contribution >= 0.6 is 0 Å². The van der Waals surface area contributed by atoms with Crippen molar-refractivity contribution in [3.8, 4) is 0 Å². The van der Waals surface area contributed by atoms with Gasteiger partial charge in [-0.3, -0.25) is 4.79 Å². The first-order valence-corrected chi connectivity index (χ1v) is 9.43. The molecule has 0 fully saturated rings. The van der Waals surface area contributed by atoms with Gasteiger partial charge >= 0.3 is 0 Å². The number of hydrogen-bond acceptors (Lipinski definition) is 5. The Labute approximate surface area is 164 Å².